The van der Waals surface area contributed by atoms with E-state index >= 15 is 0 Å². The monoisotopic (exact) mass is 402 g/mol. The van der Waals surface area contributed by atoms with Gasteiger partial charge in [-0.05, 0) is 43.2 Å². The molecule has 29 heavy (non-hydrogen) atoms. The number of rotatable bonds is 9. The van der Waals surface area contributed by atoms with Crippen LogP contribution in [0.4, 0.5) is 10.1 Å². The molecule has 0 radical (unpaired) electrons. The fraction of sp³-hybridized carbons (Fsp3) is 0.333. The number of carbonyl (C=O) groups is 1. The Labute approximate surface area is 170 Å². The van der Waals surface area contributed by atoms with Crippen LogP contribution in [-0.4, -0.2) is 39.2 Å². The molecule has 0 saturated heterocycles. The largest absolute Gasteiger partial charge is 0.493 e. The molecule has 0 fully saturated rings. The molecule has 1 atom stereocenters. The van der Waals surface area contributed by atoms with Gasteiger partial charge in [0.25, 0.3) is 0 Å². The minimum atomic E-state index is -0.478. The number of methoxy groups -OCH3 is 1. The average Bonchev–Trinajstić information content (AvgIpc) is 2.71. The van der Waals surface area contributed by atoms with Crippen LogP contribution in [0, 0.1) is 11.7 Å². The molecule has 1 amide bonds. The number of halogens is 1. The number of nitrogens with one attached hydrogen (secondary N) is 2. The van der Waals surface area contributed by atoms with E-state index in [1.54, 1.807) is 38.4 Å². The molecule has 0 aliphatic heterocycles. The maximum absolute atomic E-state index is 13.1. The molecule has 4 N–H and O–H groups in total. The number of amides is 1. The van der Waals surface area contributed by atoms with E-state index < -0.39 is 11.8 Å². The lowest BCUT2D eigenvalue weighted by Gasteiger charge is -2.18. The smallest absolute Gasteiger partial charge is 0.222 e. The molecule has 0 heterocycles. The van der Waals surface area contributed by atoms with Gasteiger partial charge < -0.3 is 25.8 Å². The molecule has 2 aromatic carbocycles. The highest BCUT2D eigenvalue weighted by Gasteiger charge is 2.17. The Morgan fingerprint density at radius 1 is 1.21 bits per heavy atom. The van der Waals surface area contributed by atoms with Crippen LogP contribution in [0.25, 0.3) is 0 Å². The lowest BCUT2D eigenvalue weighted by atomic mass is 9.98. The van der Waals surface area contributed by atoms with Gasteiger partial charge in [-0.25, -0.2) is 4.39 Å². The topological polar surface area (TPSA) is 98.0 Å². The standard InChI is InChI=1S/C21H27FN4O3/c1-4-29-19-12-17(9-10-18(19)28-3)26-21(24-2)25-13-15(20(23)27)11-14-5-7-16(22)8-6-14/h5-10,12,15H,4,11,13H2,1-3H3,(H2,23,27)(H2,24,25,26). The van der Waals surface area contributed by atoms with Crippen molar-refractivity contribution in [3.8, 4) is 11.5 Å². The van der Waals surface area contributed by atoms with Gasteiger partial charge in [0.15, 0.2) is 17.5 Å². The Kier molecular flexibility index (Phi) is 8.27. The van der Waals surface area contributed by atoms with E-state index in [9.17, 15) is 9.18 Å². The first-order chi connectivity index (χ1) is 14.0. The fourth-order valence-electron chi connectivity index (χ4n) is 2.74. The number of carbonyl (C=O) groups excluding carboxylic acids is 1. The number of benzene rings is 2. The van der Waals surface area contributed by atoms with E-state index in [0.717, 1.165) is 11.3 Å². The summed E-state index contributed by atoms with van der Waals surface area (Å²) in [4.78, 5) is 16.0. The second-order valence-corrected chi connectivity index (χ2v) is 6.31. The zero-order chi connectivity index (χ0) is 21.2. The van der Waals surface area contributed by atoms with Crippen molar-refractivity contribution in [3.63, 3.8) is 0 Å². The lowest BCUT2D eigenvalue weighted by Crippen LogP contribution is -2.40. The zero-order valence-corrected chi connectivity index (χ0v) is 16.9. The Balaban J connectivity index is 2.02. The third-order valence-electron chi connectivity index (χ3n) is 4.26. The Bertz CT molecular complexity index is 840. The van der Waals surface area contributed by atoms with Gasteiger partial charge in [-0.3, -0.25) is 9.79 Å². The minimum Gasteiger partial charge on any atom is -0.493 e. The molecule has 2 aromatic rings. The van der Waals surface area contributed by atoms with Crippen molar-refractivity contribution in [2.24, 2.45) is 16.6 Å². The molecule has 7 nitrogen and oxygen atoms in total. The summed E-state index contributed by atoms with van der Waals surface area (Å²) < 4.78 is 23.9. The molecule has 0 bridgehead atoms. The first-order valence-corrected chi connectivity index (χ1v) is 9.29. The number of hydrogen-bond donors (Lipinski definition) is 3. The number of anilines is 1. The molecule has 0 spiro atoms. The number of nitrogens with zero attached hydrogens (tertiary/aromatic N) is 1. The molecule has 0 aliphatic carbocycles. The van der Waals surface area contributed by atoms with Crippen molar-refractivity contribution in [2.75, 3.05) is 32.6 Å². The second-order valence-electron chi connectivity index (χ2n) is 6.31. The highest BCUT2D eigenvalue weighted by atomic mass is 19.1. The van der Waals surface area contributed by atoms with Crippen LogP contribution in [-0.2, 0) is 11.2 Å². The van der Waals surface area contributed by atoms with Crippen LogP contribution in [0.15, 0.2) is 47.5 Å². The van der Waals surface area contributed by atoms with Crippen molar-refractivity contribution in [3.05, 3.63) is 53.8 Å². The van der Waals surface area contributed by atoms with Crippen LogP contribution in [0.1, 0.15) is 12.5 Å². The first-order valence-electron chi connectivity index (χ1n) is 9.29. The summed E-state index contributed by atoms with van der Waals surface area (Å²) >= 11 is 0. The van der Waals surface area contributed by atoms with Crippen LogP contribution >= 0.6 is 0 Å². The summed E-state index contributed by atoms with van der Waals surface area (Å²) in [6.07, 6.45) is 0.399. The minimum absolute atomic E-state index is 0.279. The normalized spacial score (nSPS) is 12.2. The quantitative estimate of drug-likeness (QED) is 0.442. The van der Waals surface area contributed by atoms with Gasteiger partial charge in [0.2, 0.25) is 5.91 Å². The molecular formula is C21H27FN4O3. The molecule has 8 heteroatoms. The van der Waals surface area contributed by atoms with Gasteiger partial charge in [0, 0.05) is 25.3 Å². The summed E-state index contributed by atoms with van der Waals surface area (Å²) in [5, 5.41) is 6.25. The van der Waals surface area contributed by atoms with Crippen molar-refractivity contribution in [1.29, 1.82) is 0 Å². The first kappa shape index (κ1) is 22.0. The molecule has 0 aromatic heterocycles. The predicted octanol–water partition coefficient (Wildman–Crippen LogP) is 2.56. The van der Waals surface area contributed by atoms with E-state index in [2.05, 4.69) is 15.6 Å². The number of hydrogen-bond acceptors (Lipinski definition) is 4. The van der Waals surface area contributed by atoms with Gasteiger partial charge in [-0.15, -0.1) is 0 Å². The van der Waals surface area contributed by atoms with Crippen LogP contribution in [0.2, 0.25) is 0 Å². The number of primary amides is 1. The maximum Gasteiger partial charge on any atom is 0.222 e. The van der Waals surface area contributed by atoms with Crippen molar-refractivity contribution in [2.45, 2.75) is 13.3 Å². The van der Waals surface area contributed by atoms with Gasteiger partial charge in [-0.2, -0.15) is 0 Å². The van der Waals surface area contributed by atoms with Gasteiger partial charge in [-0.1, -0.05) is 12.1 Å². The number of guanidine groups is 1. The summed E-state index contributed by atoms with van der Waals surface area (Å²) in [5.41, 5.74) is 7.11. The fourth-order valence-corrected chi connectivity index (χ4v) is 2.74. The average molecular weight is 402 g/mol. The molecule has 0 aliphatic rings. The Morgan fingerprint density at radius 3 is 2.52 bits per heavy atom. The summed E-state index contributed by atoms with van der Waals surface area (Å²) in [7, 11) is 3.21. The maximum atomic E-state index is 13.1. The number of ether oxygens (including phenoxy) is 2. The van der Waals surface area contributed by atoms with E-state index in [1.165, 1.54) is 12.1 Å². The van der Waals surface area contributed by atoms with Crippen LogP contribution in [0.3, 0.4) is 0 Å². The van der Waals surface area contributed by atoms with Crippen molar-refractivity contribution < 1.29 is 18.7 Å². The van der Waals surface area contributed by atoms with Crippen LogP contribution < -0.4 is 25.8 Å². The summed E-state index contributed by atoms with van der Waals surface area (Å²) in [5.74, 6) is 0.477. The van der Waals surface area contributed by atoms with Gasteiger partial charge in [0.1, 0.15) is 5.82 Å². The lowest BCUT2D eigenvalue weighted by molar-refractivity contribution is -0.121. The zero-order valence-electron chi connectivity index (χ0n) is 16.9. The molecular weight excluding hydrogens is 375 g/mol. The van der Waals surface area contributed by atoms with E-state index in [-0.39, 0.29) is 12.4 Å². The van der Waals surface area contributed by atoms with E-state index in [1.807, 2.05) is 13.0 Å². The second kappa shape index (κ2) is 10.9. The van der Waals surface area contributed by atoms with Crippen molar-refractivity contribution >= 4 is 17.6 Å². The SMILES string of the molecule is CCOc1cc(NC(=NC)NCC(Cc2ccc(F)cc2)C(N)=O)ccc1OC. The molecule has 2 rings (SSSR count). The third-order valence-corrected chi connectivity index (χ3v) is 4.26. The Morgan fingerprint density at radius 2 is 1.93 bits per heavy atom. The predicted molar refractivity (Wildman–Crippen MR) is 112 cm³/mol. The molecule has 156 valence electrons. The summed E-state index contributed by atoms with van der Waals surface area (Å²) in [6, 6.07) is 11.4. The van der Waals surface area contributed by atoms with E-state index in [4.69, 9.17) is 15.2 Å². The summed E-state index contributed by atoms with van der Waals surface area (Å²) in [6.45, 7) is 2.68. The highest BCUT2D eigenvalue weighted by molar-refractivity contribution is 5.94. The Hall–Kier alpha value is -3.29. The van der Waals surface area contributed by atoms with Crippen LogP contribution in [0.5, 0.6) is 11.5 Å². The van der Waals surface area contributed by atoms with Crippen molar-refractivity contribution in [1.82, 2.24) is 5.32 Å². The van der Waals surface area contributed by atoms with E-state index in [0.29, 0.717) is 30.5 Å². The number of aliphatic imine (C=N–C) groups is 1. The molecule has 0 saturated carbocycles. The third kappa shape index (κ3) is 6.67. The van der Waals surface area contributed by atoms with Gasteiger partial charge >= 0.3 is 0 Å². The number of nitrogens with two attached hydrogens (primary N) is 1. The van der Waals surface area contributed by atoms with Gasteiger partial charge in [0.05, 0.1) is 19.6 Å². The molecule has 1 unspecified atom stereocenters. The highest BCUT2D eigenvalue weighted by Crippen LogP contribution is 2.30.